The topological polar surface area (TPSA) is 328 Å². The number of Topliss-reactive ketones (excluding diaryl/α,β-unsaturated/α-hetero) is 5. The monoisotopic (exact) mass is 1230 g/mol. The minimum absolute atomic E-state index is 0.0289. The lowest BCUT2D eigenvalue weighted by atomic mass is 9.81. The molecule has 20 heteroatoms. The average molecular weight is 1230 g/mol. The van der Waals surface area contributed by atoms with Crippen molar-refractivity contribution < 1.29 is 82.5 Å². The quantitative estimate of drug-likeness (QED) is 0.0350. The van der Waals surface area contributed by atoms with Gasteiger partial charge in [0.05, 0.1) is 64.3 Å². The number of rotatable bonds is 24. The van der Waals surface area contributed by atoms with E-state index >= 15 is 0 Å². The van der Waals surface area contributed by atoms with Gasteiger partial charge in [0.1, 0.15) is 41.1 Å². The molecule has 508 valence electrons. The van der Waals surface area contributed by atoms with E-state index in [0.29, 0.717) is 70.4 Å². The molecule has 0 aliphatic heterocycles. The molecule has 0 spiro atoms. The van der Waals surface area contributed by atoms with Gasteiger partial charge in [0, 0.05) is 93.0 Å². The van der Waals surface area contributed by atoms with Gasteiger partial charge in [-0.1, -0.05) is 138 Å². The largest absolute Gasteiger partial charge is 0.469 e. The van der Waals surface area contributed by atoms with Crippen LogP contribution in [0.3, 0.4) is 0 Å². The average Bonchev–Trinajstić information content (AvgIpc) is 3.50. The number of amides is 2. The second-order valence-electron chi connectivity index (χ2n) is 27.8. The molecule has 0 heterocycles. The minimum atomic E-state index is -1.37. The zero-order chi connectivity index (χ0) is 68.9. The second-order valence-corrected chi connectivity index (χ2v) is 27.8. The van der Waals surface area contributed by atoms with Gasteiger partial charge in [-0.15, -0.1) is 0 Å². The van der Waals surface area contributed by atoms with Gasteiger partial charge in [-0.05, 0) is 64.7 Å². The van der Waals surface area contributed by atoms with Crippen LogP contribution in [0.2, 0.25) is 0 Å². The summed E-state index contributed by atoms with van der Waals surface area (Å²) in [6.45, 7) is 49.0. The zero-order valence-corrected chi connectivity index (χ0v) is 58.8. The molecule has 0 bridgehead atoms. The highest BCUT2D eigenvalue weighted by Gasteiger charge is 2.43. The first-order chi connectivity index (χ1) is 38.4. The Kier molecular flexibility index (Phi) is 57.4. The molecule has 1 aliphatic carbocycles. The first kappa shape index (κ1) is 95.1. The number of carbonyl (C=O) groups excluding carboxylic acids is 8. The lowest BCUT2D eigenvalue weighted by Crippen LogP contribution is -2.55. The summed E-state index contributed by atoms with van der Waals surface area (Å²) < 4.78 is 24.7. The summed E-state index contributed by atoms with van der Waals surface area (Å²) in [6, 6.07) is 0. The maximum Gasteiger partial charge on any atom is 0.310 e. The maximum absolute atomic E-state index is 11.7. The van der Waals surface area contributed by atoms with Crippen molar-refractivity contribution in [2.45, 2.75) is 242 Å². The Morgan fingerprint density at radius 3 is 1.28 bits per heavy atom. The lowest BCUT2D eigenvalue weighted by molar-refractivity contribution is -0.177. The molecule has 0 aromatic rings. The number of aliphatic hydroxyl groups is 4. The summed E-state index contributed by atoms with van der Waals surface area (Å²) in [5.41, 5.74) is 9.41. The molecule has 5 atom stereocenters. The van der Waals surface area contributed by atoms with E-state index in [1.807, 2.05) is 104 Å². The van der Waals surface area contributed by atoms with Crippen LogP contribution in [-0.2, 0) is 62.0 Å². The van der Waals surface area contributed by atoms with Crippen molar-refractivity contribution in [2.75, 3.05) is 74.1 Å². The fourth-order valence-electron chi connectivity index (χ4n) is 6.03. The van der Waals surface area contributed by atoms with E-state index in [9.17, 15) is 58.8 Å². The lowest BCUT2D eigenvalue weighted by Gasteiger charge is -2.39. The third kappa shape index (κ3) is 63.2. The summed E-state index contributed by atoms with van der Waals surface area (Å²) in [7, 11) is 4.63. The summed E-state index contributed by atoms with van der Waals surface area (Å²) >= 11 is 0. The van der Waals surface area contributed by atoms with Crippen molar-refractivity contribution >= 4 is 46.7 Å². The van der Waals surface area contributed by atoms with Gasteiger partial charge in [0.15, 0.2) is 0 Å². The summed E-state index contributed by atoms with van der Waals surface area (Å²) in [5.74, 6) is 1.08. The van der Waals surface area contributed by atoms with Crippen molar-refractivity contribution in [1.29, 1.82) is 0 Å². The van der Waals surface area contributed by atoms with Crippen LogP contribution in [-0.4, -0.2) is 166 Å². The number of hydrogen-bond acceptors (Lipinski definition) is 18. The number of ketones is 5. The molecule has 0 unspecified atom stereocenters. The maximum atomic E-state index is 11.7. The van der Waals surface area contributed by atoms with Gasteiger partial charge >= 0.3 is 5.97 Å². The van der Waals surface area contributed by atoms with Crippen molar-refractivity contribution in [3.8, 4) is 0 Å². The standard InChI is InChI=1S/C18H33NO7.C9H18O3.C8H16O2.C8H18.C6H12O2.C6H12O.2C5H11NO/c1-11(2)13(21)5-3-4-6-15(22)19-7-8-26-14-9-12(10-20)16(23)18(25)17(14)24;1-8(2)9(10)4-5-12-7-6-11-3;1-8(2,3)7(9)5-6-10-4;1-7(2)6-8(3,4)5;1-6(2,3)5(7)8-4;1-5(7)6(2,3)4;1-5(2,3)4(6)7;1-4(2)5(7)3-6/h11-12,14,16-18,20,23-25H,3-10H2,1-2H3,(H,19,22);8H,4-7H2,1-3H3;5-6H2,1-4H3;7H,6H2,1-5H3;1-4H3;1-4H3;1-3H3,(H2,6,7);4H,3,6H2,1-2H3/t12-,14-,16-,17+,18+;;;;;;;/m1......./s1. The van der Waals surface area contributed by atoms with Crippen LogP contribution < -0.4 is 16.8 Å². The number of hydrogen-bond donors (Lipinski definition) is 7. The molecule has 0 radical (unpaired) electrons. The number of unbranched alkanes of at least 4 members (excludes halogenated alkanes) is 1. The fraction of sp³-hybridized carbons (Fsp3) is 0.877. The molecule has 2 amide bonds. The number of esters is 1. The molecule has 85 heavy (non-hydrogen) atoms. The van der Waals surface area contributed by atoms with Gasteiger partial charge in [-0.2, -0.15) is 0 Å². The third-order valence-electron chi connectivity index (χ3n) is 12.2. The van der Waals surface area contributed by atoms with E-state index in [-0.39, 0.29) is 119 Å². The predicted molar refractivity (Wildman–Crippen MR) is 340 cm³/mol. The van der Waals surface area contributed by atoms with Gasteiger partial charge in [0.25, 0.3) is 0 Å². The molecular formula is C65H131N3O17. The number of aliphatic hydroxyl groups excluding tert-OH is 4. The highest BCUT2D eigenvalue weighted by molar-refractivity contribution is 5.84. The van der Waals surface area contributed by atoms with Crippen molar-refractivity contribution in [3.63, 3.8) is 0 Å². The van der Waals surface area contributed by atoms with Gasteiger partial charge in [-0.25, -0.2) is 0 Å². The van der Waals surface area contributed by atoms with Gasteiger partial charge in [0.2, 0.25) is 11.8 Å². The summed E-state index contributed by atoms with van der Waals surface area (Å²) in [5, 5.41) is 41.3. The van der Waals surface area contributed by atoms with Crippen LogP contribution in [0, 0.1) is 56.7 Å². The van der Waals surface area contributed by atoms with Crippen LogP contribution in [0.25, 0.3) is 0 Å². The molecule has 20 nitrogen and oxygen atoms in total. The van der Waals surface area contributed by atoms with Crippen LogP contribution in [0.15, 0.2) is 0 Å². The van der Waals surface area contributed by atoms with Gasteiger partial charge in [-0.3, -0.25) is 38.4 Å². The highest BCUT2D eigenvalue weighted by atomic mass is 16.5. The highest BCUT2D eigenvalue weighted by Crippen LogP contribution is 2.28. The molecular weight excluding hydrogens is 1090 g/mol. The second kappa shape index (κ2) is 51.3. The number of primary amides is 1. The minimum Gasteiger partial charge on any atom is -0.469 e. The first-order valence-electron chi connectivity index (χ1n) is 30.2. The number of carbonyl (C=O) groups is 8. The van der Waals surface area contributed by atoms with E-state index < -0.39 is 30.3 Å². The molecule has 1 aliphatic rings. The first-order valence-corrected chi connectivity index (χ1v) is 30.2. The molecule has 0 aromatic heterocycles. The Morgan fingerprint density at radius 2 is 0.988 bits per heavy atom. The van der Waals surface area contributed by atoms with E-state index in [1.165, 1.54) is 13.5 Å². The Balaban J connectivity index is -0.000000175. The number of nitrogens with two attached hydrogens (primary N) is 2. The van der Waals surface area contributed by atoms with E-state index in [4.69, 9.17) is 30.4 Å². The van der Waals surface area contributed by atoms with Crippen LogP contribution >= 0.6 is 0 Å². The summed E-state index contributed by atoms with van der Waals surface area (Å²) in [6.07, 6.45) is 0.287. The predicted octanol–water partition coefficient (Wildman–Crippen LogP) is 8.86. The zero-order valence-electron chi connectivity index (χ0n) is 58.8. The van der Waals surface area contributed by atoms with Crippen LogP contribution in [0.4, 0.5) is 0 Å². The third-order valence-corrected chi connectivity index (χ3v) is 12.2. The van der Waals surface area contributed by atoms with E-state index in [1.54, 1.807) is 41.9 Å². The molecule has 0 aromatic carbocycles. The molecule has 1 rings (SSSR count). The summed E-state index contributed by atoms with van der Waals surface area (Å²) in [4.78, 5) is 87.1. The molecule has 9 N–H and O–H groups in total. The number of nitrogens with one attached hydrogen (secondary N) is 1. The van der Waals surface area contributed by atoms with Crippen LogP contribution in [0.5, 0.6) is 0 Å². The smallest absolute Gasteiger partial charge is 0.310 e. The van der Waals surface area contributed by atoms with E-state index in [2.05, 4.69) is 44.7 Å². The van der Waals surface area contributed by atoms with Crippen LogP contribution in [0.1, 0.15) is 218 Å². The number of ether oxygens (including phenoxy) is 5. The Morgan fingerprint density at radius 1 is 0.553 bits per heavy atom. The fourth-order valence-corrected chi connectivity index (χ4v) is 6.03. The normalized spacial score (nSPS) is 16.6. The van der Waals surface area contributed by atoms with Crippen molar-refractivity contribution in [1.82, 2.24) is 5.32 Å². The molecule has 1 fully saturated rings. The number of methoxy groups -OCH3 is 3. The SMILES string of the molecule is CC(=O)C(C)(C)C.CC(C)(C)C(N)=O.CC(C)C(=O)CCCCC(=O)NCCO[C@@H]1C[C@H](CO)[C@@H](O)[C@H](O)[C@H]1O.CC(C)C(=O)CN.CC(C)CC(C)(C)C.COC(=O)C(C)(C)C.COCCC(=O)C(C)(C)C.COCCOCCC(=O)C(C)C. The van der Waals surface area contributed by atoms with Crippen molar-refractivity contribution in [2.24, 2.45) is 68.1 Å². The van der Waals surface area contributed by atoms with Gasteiger partial charge < -0.3 is 60.9 Å². The van der Waals surface area contributed by atoms with E-state index in [0.717, 1.165) is 5.92 Å². The van der Waals surface area contributed by atoms with Crippen molar-refractivity contribution in [3.05, 3.63) is 0 Å². The Labute approximate surface area is 516 Å². The Bertz CT molecular complexity index is 1740. The Hall–Kier alpha value is -3.60. The molecule has 0 saturated heterocycles. The molecule has 1 saturated carbocycles.